The number of ether oxygens (including phenoxy) is 1. The molecule has 0 aromatic heterocycles. The Morgan fingerprint density at radius 2 is 1.40 bits per heavy atom. The highest BCUT2D eigenvalue weighted by molar-refractivity contribution is 5.80. The molecule has 2 atom stereocenters. The van der Waals surface area contributed by atoms with E-state index in [1.54, 1.807) is 13.8 Å². The fourth-order valence-electron chi connectivity index (χ4n) is 3.15. The summed E-state index contributed by atoms with van der Waals surface area (Å²) < 4.78 is 5.25. The molecule has 2 aromatic rings. The van der Waals surface area contributed by atoms with Crippen LogP contribution in [0.5, 0.6) is 0 Å². The maximum absolute atomic E-state index is 12.8. The van der Waals surface area contributed by atoms with Gasteiger partial charge in [-0.3, -0.25) is 14.4 Å². The molecule has 0 spiro atoms. The van der Waals surface area contributed by atoms with Crippen molar-refractivity contribution < 1.29 is 19.1 Å². The van der Waals surface area contributed by atoms with Crippen molar-refractivity contribution in [2.24, 2.45) is 0 Å². The van der Waals surface area contributed by atoms with E-state index in [1.807, 2.05) is 61.5 Å². The van der Waals surface area contributed by atoms with Gasteiger partial charge in [0.1, 0.15) is 0 Å². The smallest absolute Gasteiger partial charge is 0.308 e. The summed E-state index contributed by atoms with van der Waals surface area (Å²) in [4.78, 5) is 36.7. The largest absolute Gasteiger partial charge is 0.463 e. The Bertz CT molecular complexity index is 847. The number of amides is 2. The molecule has 0 radical (unpaired) electrons. The zero-order valence-electron chi connectivity index (χ0n) is 18.0. The number of carbonyl (C=O) groups excluding carboxylic acids is 3. The van der Waals surface area contributed by atoms with Crippen LogP contribution in [0.2, 0.25) is 0 Å². The van der Waals surface area contributed by atoms with Crippen molar-refractivity contribution in [2.75, 3.05) is 0 Å². The molecule has 0 heterocycles. The van der Waals surface area contributed by atoms with Crippen LogP contribution in [0.15, 0.2) is 54.6 Å². The predicted molar refractivity (Wildman–Crippen MR) is 116 cm³/mol. The third-order valence-electron chi connectivity index (χ3n) is 4.52. The van der Waals surface area contributed by atoms with Crippen molar-refractivity contribution in [2.45, 2.75) is 58.7 Å². The Kier molecular flexibility index (Phi) is 8.59. The first-order chi connectivity index (χ1) is 14.2. The average Bonchev–Trinajstić information content (AvgIpc) is 2.67. The van der Waals surface area contributed by atoms with Crippen molar-refractivity contribution in [1.82, 2.24) is 10.6 Å². The molecule has 6 heteroatoms. The zero-order valence-corrected chi connectivity index (χ0v) is 18.0. The summed E-state index contributed by atoms with van der Waals surface area (Å²) in [6, 6.07) is 16.0. The minimum Gasteiger partial charge on any atom is -0.463 e. The quantitative estimate of drug-likeness (QED) is 0.617. The predicted octanol–water partition coefficient (Wildman–Crippen LogP) is 3.76. The van der Waals surface area contributed by atoms with Gasteiger partial charge in [0.2, 0.25) is 11.8 Å². The summed E-state index contributed by atoms with van der Waals surface area (Å²) in [6.45, 7) is 6.97. The van der Waals surface area contributed by atoms with E-state index in [2.05, 4.69) is 10.6 Å². The van der Waals surface area contributed by atoms with Gasteiger partial charge in [-0.15, -0.1) is 0 Å². The Labute approximate surface area is 178 Å². The lowest BCUT2D eigenvalue weighted by molar-refractivity contribution is -0.148. The van der Waals surface area contributed by atoms with E-state index in [1.165, 1.54) is 6.92 Å². The topological polar surface area (TPSA) is 84.5 Å². The molecule has 0 fully saturated rings. The van der Waals surface area contributed by atoms with Crippen molar-refractivity contribution in [3.05, 3.63) is 71.3 Å². The van der Waals surface area contributed by atoms with Crippen LogP contribution in [-0.4, -0.2) is 23.9 Å². The molecule has 2 aromatic carbocycles. The van der Waals surface area contributed by atoms with Gasteiger partial charge < -0.3 is 15.4 Å². The van der Waals surface area contributed by atoms with Gasteiger partial charge in [-0.25, -0.2) is 0 Å². The Balaban J connectivity index is 2.14. The van der Waals surface area contributed by atoms with Crippen molar-refractivity contribution in [3.8, 4) is 0 Å². The van der Waals surface area contributed by atoms with Gasteiger partial charge >= 0.3 is 5.97 Å². The maximum atomic E-state index is 12.8. The first-order valence-corrected chi connectivity index (χ1v) is 10.1. The maximum Gasteiger partial charge on any atom is 0.308 e. The molecule has 2 rings (SSSR count). The normalized spacial score (nSPS) is 12.7. The van der Waals surface area contributed by atoms with Crippen LogP contribution in [-0.2, 0) is 19.1 Å². The van der Waals surface area contributed by atoms with E-state index in [0.29, 0.717) is 0 Å². The SMILES string of the molecule is CC(=O)NC(CC(=O)NC(CC(=O)OC(C)C)c1ccccc1)c1ccc(C)cc1. The van der Waals surface area contributed by atoms with Crippen LogP contribution in [0.3, 0.4) is 0 Å². The minimum atomic E-state index is -0.513. The fraction of sp³-hybridized carbons (Fsp3) is 0.375. The number of benzene rings is 2. The molecule has 30 heavy (non-hydrogen) atoms. The standard InChI is InChI=1S/C24H30N2O4/c1-16(2)30-24(29)15-22(19-8-6-5-7-9-19)26-23(28)14-21(25-18(4)27)20-12-10-17(3)11-13-20/h5-13,16,21-22H,14-15H2,1-4H3,(H,25,27)(H,26,28). The van der Waals surface area contributed by atoms with E-state index in [0.717, 1.165) is 16.7 Å². The molecule has 0 aliphatic heterocycles. The molecule has 0 bridgehead atoms. The zero-order chi connectivity index (χ0) is 22.1. The van der Waals surface area contributed by atoms with E-state index in [-0.39, 0.29) is 36.7 Å². The number of esters is 1. The Morgan fingerprint density at radius 3 is 1.97 bits per heavy atom. The number of hydrogen-bond donors (Lipinski definition) is 2. The Morgan fingerprint density at radius 1 is 0.833 bits per heavy atom. The third kappa shape index (κ3) is 7.70. The molecule has 2 N–H and O–H groups in total. The first-order valence-electron chi connectivity index (χ1n) is 10.1. The van der Waals surface area contributed by atoms with Gasteiger partial charge in [0.05, 0.1) is 31.0 Å². The van der Waals surface area contributed by atoms with Crippen molar-refractivity contribution >= 4 is 17.8 Å². The second kappa shape index (κ2) is 11.1. The molecule has 0 aliphatic rings. The van der Waals surface area contributed by atoms with Crippen LogP contribution in [0.25, 0.3) is 0 Å². The number of carbonyl (C=O) groups is 3. The monoisotopic (exact) mass is 410 g/mol. The van der Waals surface area contributed by atoms with Crippen molar-refractivity contribution in [1.29, 1.82) is 0 Å². The average molecular weight is 411 g/mol. The van der Waals surface area contributed by atoms with Gasteiger partial charge in [0, 0.05) is 6.92 Å². The molecular formula is C24H30N2O4. The number of rotatable bonds is 9. The van der Waals surface area contributed by atoms with Crippen LogP contribution >= 0.6 is 0 Å². The highest BCUT2D eigenvalue weighted by Crippen LogP contribution is 2.21. The second-order valence-electron chi connectivity index (χ2n) is 7.64. The van der Waals surface area contributed by atoms with Crippen LogP contribution in [0.1, 0.15) is 62.4 Å². The van der Waals surface area contributed by atoms with Gasteiger partial charge in [-0.2, -0.15) is 0 Å². The summed E-state index contributed by atoms with van der Waals surface area (Å²) in [7, 11) is 0. The van der Waals surface area contributed by atoms with Crippen molar-refractivity contribution in [3.63, 3.8) is 0 Å². The number of aryl methyl sites for hydroxylation is 1. The highest BCUT2D eigenvalue weighted by Gasteiger charge is 2.23. The summed E-state index contributed by atoms with van der Waals surface area (Å²) in [5.74, 6) is -0.856. The van der Waals surface area contributed by atoms with Gasteiger partial charge in [-0.05, 0) is 31.9 Å². The molecule has 6 nitrogen and oxygen atoms in total. The second-order valence-corrected chi connectivity index (χ2v) is 7.64. The lowest BCUT2D eigenvalue weighted by Crippen LogP contribution is -2.35. The summed E-state index contributed by atoms with van der Waals surface area (Å²) in [6.07, 6.45) is -0.135. The summed E-state index contributed by atoms with van der Waals surface area (Å²) >= 11 is 0. The lowest BCUT2D eigenvalue weighted by atomic mass is 10.00. The molecule has 0 aliphatic carbocycles. The summed E-state index contributed by atoms with van der Waals surface area (Å²) in [5.41, 5.74) is 2.76. The van der Waals surface area contributed by atoms with Gasteiger partial charge in [0.25, 0.3) is 0 Å². The van der Waals surface area contributed by atoms with Gasteiger partial charge in [0.15, 0.2) is 0 Å². The fourth-order valence-corrected chi connectivity index (χ4v) is 3.15. The Hall–Kier alpha value is -3.15. The third-order valence-corrected chi connectivity index (χ3v) is 4.52. The van der Waals surface area contributed by atoms with Crippen LogP contribution in [0, 0.1) is 6.92 Å². The van der Waals surface area contributed by atoms with E-state index < -0.39 is 12.1 Å². The molecule has 0 saturated carbocycles. The molecule has 2 unspecified atom stereocenters. The van der Waals surface area contributed by atoms with E-state index in [4.69, 9.17) is 4.74 Å². The lowest BCUT2D eigenvalue weighted by Gasteiger charge is -2.22. The summed E-state index contributed by atoms with van der Waals surface area (Å²) in [5, 5.41) is 5.77. The van der Waals surface area contributed by atoms with Crippen LogP contribution in [0.4, 0.5) is 0 Å². The number of nitrogens with one attached hydrogen (secondary N) is 2. The van der Waals surface area contributed by atoms with Crippen LogP contribution < -0.4 is 10.6 Å². The molecule has 0 saturated heterocycles. The molecule has 2 amide bonds. The van der Waals surface area contributed by atoms with E-state index in [9.17, 15) is 14.4 Å². The molecule has 160 valence electrons. The minimum absolute atomic E-state index is 0.0310. The highest BCUT2D eigenvalue weighted by atomic mass is 16.5. The number of hydrogen-bond acceptors (Lipinski definition) is 4. The van der Waals surface area contributed by atoms with Gasteiger partial charge in [-0.1, -0.05) is 60.2 Å². The molecular weight excluding hydrogens is 380 g/mol. The first kappa shape index (κ1) is 23.1. The van der Waals surface area contributed by atoms with E-state index >= 15 is 0 Å².